The molecule has 0 atom stereocenters. The quantitative estimate of drug-likeness (QED) is 0.520. The highest BCUT2D eigenvalue weighted by Gasteiger charge is 2.27. The van der Waals surface area contributed by atoms with Gasteiger partial charge in [-0.1, -0.05) is 18.2 Å². The molecule has 0 spiro atoms. The summed E-state index contributed by atoms with van der Waals surface area (Å²) in [6, 6.07) is 11.3. The van der Waals surface area contributed by atoms with E-state index in [1.807, 2.05) is 0 Å². The van der Waals surface area contributed by atoms with Crippen LogP contribution in [0, 0.1) is 0 Å². The Labute approximate surface area is 193 Å². The number of nitrogens with zero attached hydrogens (tertiary/aromatic N) is 1. The molecule has 2 aromatic carbocycles. The Hall–Kier alpha value is -3.92. The maximum atomic E-state index is 13.1. The first-order valence-electron chi connectivity index (χ1n) is 10.5. The summed E-state index contributed by atoms with van der Waals surface area (Å²) in [6.45, 7) is -1.27. The van der Waals surface area contributed by atoms with Crippen molar-refractivity contribution in [2.75, 3.05) is 38.7 Å². The van der Waals surface area contributed by atoms with Crippen LogP contribution in [-0.2, 0) is 9.53 Å². The molecule has 10 heteroatoms. The Morgan fingerprint density at radius 2 is 1.88 bits per heavy atom. The minimum atomic E-state index is -2.99. The number of para-hydroxylation sites is 1. The van der Waals surface area contributed by atoms with Crippen LogP contribution in [0.2, 0.25) is 0 Å². The summed E-state index contributed by atoms with van der Waals surface area (Å²) in [5.41, 5.74) is 1.27. The van der Waals surface area contributed by atoms with Crippen LogP contribution >= 0.6 is 0 Å². The molecule has 1 aliphatic rings. The number of morpholine rings is 1. The van der Waals surface area contributed by atoms with E-state index in [9.17, 15) is 18.4 Å². The van der Waals surface area contributed by atoms with E-state index in [0.717, 1.165) is 0 Å². The molecule has 1 saturated heterocycles. The van der Waals surface area contributed by atoms with Gasteiger partial charge < -0.3 is 28.8 Å². The molecule has 0 radical (unpaired) electrons. The summed E-state index contributed by atoms with van der Waals surface area (Å²) in [5.74, 6) is -0.815. The summed E-state index contributed by atoms with van der Waals surface area (Å²) >= 11 is 0. The number of hydrogen-bond acceptors (Lipinski definition) is 6. The van der Waals surface area contributed by atoms with Gasteiger partial charge in [0.05, 0.1) is 20.3 Å². The second-order valence-corrected chi connectivity index (χ2v) is 7.32. The number of ether oxygens (including phenoxy) is 3. The largest absolute Gasteiger partial charge is 0.493 e. The maximum Gasteiger partial charge on any atom is 0.387 e. The van der Waals surface area contributed by atoms with E-state index in [1.54, 1.807) is 29.2 Å². The Bertz CT molecular complexity index is 1220. The fourth-order valence-corrected chi connectivity index (χ4v) is 3.55. The lowest BCUT2D eigenvalue weighted by atomic mass is 10.1. The average molecular weight is 472 g/mol. The van der Waals surface area contributed by atoms with Crippen LogP contribution in [-0.4, -0.2) is 56.7 Å². The zero-order valence-corrected chi connectivity index (χ0v) is 18.3. The van der Waals surface area contributed by atoms with Gasteiger partial charge in [0, 0.05) is 24.6 Å². The van der Waals surface area contributed by atoms with Crippen LogP contribution in [0.1, 0.15) is 16.1 Å². The first kappa shape index (κ1) is 23.2. The summed E-state index contributed by atoms with van der Waals surface area (Å²) in [5, 5.41) is 3.33. The predicted octanol–water partition coefficient (Wildman–Crippen LogP) is 4.17. The zero-order chi connectivity index (χ0) is 24.1. The standard InChI is InChI=1S/C24H22F2N2O6/c1-31-19-14-15(6-8-18(19)34-24(25)26)7-9-20(29)27-21-16-4-2-3-5-17(16)33-22(21)23(30)28-10-12-32-13-11-28/h2-9,14,24H,10-13H2,1H3,(H,27,29). The maximum absolute atomic E-state index is 13.1. The van der Waals surface area contributed by atoms with E-state index in [2.05, 4.69) is 10.1 Å². The number of hydrogen-bond donors (Lipinski definition) is 1. The number of rotatable bonds is 7. The number of furan rings is 1. The molecule has 0 unspecified atom stereocenters. The molecule has 1 fully saturated rings. The Morgan fingerprint density at radius 1 is 1.12 bits per heavy atom. The molecule has 2 heterocycles. The zero-order valence-electron chi connectivity index (χ0n) is 18.3. The summed E-state index contributed by atoms with van der Waals surface area (Å²) in [6.07, 6.45) is 2.74. The van der Waals surface area contributed by atoms with Gasteiger partial charge in [0.25, 0.3) is 5.91 Å². The second-order valence-electron chi connectivity index (χ2n) is 7.32. The summed E-state index contributed by atoms with van der Waals surface area (Å²) in [7, 11) is 1.32. The van der Waals surface area contributed by atoms with Crippen molar-refractivity contribution in [3.05, 3.63) is 59.9 Å². The smallest absolute Gasteiger partial charge is 0.387 e. The third-order valence-electron chi connectivity index (χ3n) is 5.17. The van der Waals surface area contributed by atoms with E-state index in [4.69, 9.17) is 13.9 Å². The van der Waals surface area contributed by atoms with Crippen molar-refractivity contribution in [1.82, 2.24) is 4.90 Å². The SMILES string of the molecule is COc1cc(C=CC(=O)Nc2c(C(=O)N3CCOCC3)oc3ccccc23)ccc1OC(F)F. The van der Waals surface area contributed by atoms with E-state index in [0.29, 0.717) is 42.8 Å². The molecule has 8 nitrogen and oxygen atoms in total. The van der Waals surface area contributed by atoms with Crippen molar-refractivity contribution in [3.63, 3.8) is 0 Å². The van der Waals surface area contributed by atoms with Gasteiger partial charge in [0.15, 0.2) is 11.5 Å². The second kappa shape index (κ2) is 10.3. The predicted molar refractivity (Wildman–Crippen MR) is 120 cm³/mol. The van der Waals surface area contributed by atoms with Crippen LogP contribution < -0.4 is 14.8 Å². The lowest BCUT2D eigenvalue weighted by Crippen LogP contribution is -2.40. The van der Waals surface area contributed by atoms with Gasteiger partial charge >= 0.3 is 6.61 Å². The normalized spacial score (nSPS) is 14.1. The Balaban J connectivity index is 1.56. The highest BCUT2D eigenvalue weighted by atomic mass is 19.3. The van der Waals surface area contributed by atoms with Gasteiger partial charge in [0.2, 0.25) is 11.7 Å². The molecule has 1 N–H and O–H groups in total. The van der Waals surface area contributed by atoms with Crippen LogP contribution in [0.3, 0.4) is 0 Å². The van der Waals surface area contributed by atoms with E-state index < -0.39 is 12.5 Å². The first-order chi connectivity index (χ1) is 16.5. The fraction of sp³-hybridized carbons (Fsp3) is 0.250. The van der Waals surface area contributed by atoms with Gasteiger partial charge in [-0.15, -0.1) is 0 Å². The number of amides is 2. The van der Waals surface area contributed by atoms with Gasteiger partial charge in [-0.05, 0) is 35.9 Å². The van der Waals surface area contributed by atoms with Crippen LogP contribution in [0.25, 0.3) is 17.0 Å². The van der Waals surface area contributed by atoms with Crippen molar-refractivity contribution in [3.8, 4) is 11.5 Å². The molecule has 4 rings (SSSR count). The molecule has 178 valence electrons. The van der Waals surface area contributed by atoms with Crippen molar-refractivity contribution < 1.29 is 37.0 Å². The highest BCUT2D eigenvalue weighted by Crippen LogP contribution is 2.32. The molecule has 1 aliphatic heterocycles. The first-order valence-corrected chi connectivity index (χ1v) is 10.5. The molecule has 34 heavy (non-hydrogen) atoms. The number of benzene rings is 2. The van der Waals surface area contributed by atoms with Crippen molar-refractivity contribution in [1.29, 1.82) is 0 Å². The number of methoxy groups -OCH3 is 1. The van der Waals surface area contributed by atoms with E-state index in [1.165, 1.54) is 37.5 Å². The third-order valence-corrected chi connectivity index (χ3v) is 5.17. The number of halogens is 2. The molecule has 0 saturated carbocycles. The third kappa shape index (κ3) is 5.18. The minimum absolute atomic E-state index is 0.0417. The monoisotopic (exact) mass is 472 g/mol. The topological polar surface area (TPSA) is 90.2 Å². The lowest BCUT2D eigenvalue weighted by Gasteiger charge is -2.26. The molecular weight excluding hydrogens is 450 g/mol. The number of carbonyl (C=O) groups is 2. The number of nitrogens with one attached hydrogen (secondary N) is 1. The summed E-state index contributed by atoms with van der Waals surface area (Å²) in [4.78, 5) is 27.4. The molecule has 2 amide bonds. The highest BCUT2D eigenvalue weighted by molar-refractivity contribution is 6.13. The number of anilines is 1. The van der Waals surface area contributed by atoms with Crippen LogP contribution in [0.15, 0.2) is 53.0 Å². The number of fused-ring (bicyclic) bond motifs is 1. The van der Waals surface area contributed by atoms with Crippen LogP contribution in [0.5, 0.6) is 11.5 Å². The molecule has 1 aromatic heterocycles. The molecular formula is C24H22F2N2O6. The Morgan fingerprint density at radius 3 is 2.62 bits per heavy atom. The van der Waals surface area contributed by atoms with Crippen molar-refractivity contribution in [2.24, 2.45) is 0 Å². The molecule has 0 bridgehead atoms. The van der Waals surface area contributed by atoms with Crippen LogP contribution in [0.4, 0.5) is 14.5 Å². The lowest BCUT2D eigenvalue weighted by molar-refractivity contribution is -0.111. The van der Waals surface area contributed by atoms with Gasteiger partial charge in [-0.3, -0.25) is 9.59 Å². The van der Waals surface area contributed by atoms with Crippen molar-refractivity contribution >= 4 is 34.5 Å². The van der Waals surface area contributed by atoms with Gasteiger partial charge in [-0.2, -0.15) is 8.78 Å². The van der Waals surface area contributed by atoms with Gasteiger partial charge in [0.1, 0.15) is 11.3 Å². The molecule has 0 aliphatic carbocycles. The van der Waals surface area contributed by atoms with E-state index >= 15 is 0 Å². The van der Waals surface area contributed by atoms with Crippen molar-refractivity contribution in [2.45, 2.75) is 6.61 Å². The fourth-order valence-electron chi connectivity index (χ4n) is 3.55. The summed E-state index contributed by atoms with van der Waals surface area (Å²) < 4.78 is 45.6. The molecule has 3 aromatic rings. The van der Waals surface area contributed by atoms with Gasteiger partial charge in [-0.25, -0.2) is 0 Å². The van der Waals surface area contributed by atoms with E-state index in [-0.39, 0.29) is 28.9 Å². The Kier molecular flexibility index (Phi) is 7.07. The average Bonchev–Trinajstić information content (AvgIpc) is 3.21. The minimum Gasteiger partial charge on any atom is -0.493 e. The number of carbonyl (C=O) groups excluding carboxylic acids is 2. The number of alkyl halides is 2.